The predicted molar refractivity (Wildman–Crippen MR) is 77.8 cm³/mol. The van der Waals surface area contributed by atoms with E-state index in [1.165, 1.54) is 0 Å². The standard InChI is InChI=1S/C15H10F7NO.ClH/c16-9-3-6-12(14(17,18)19)11(7-9)13(23)8-1-4-10(5-2-8)24-15(20,21)22;/h1-7,13H,23H2;1H/t13-;/m1./s1. The first-order valence-electron chi connectivity index (χ1n) is 6.45. The zero-order chi connectivity index (χ0) is 18.1. The van der Waals surface area contributed by atoms with E-state index in [9.17, 15) is 30.7 Å². The van der Waals surface area contributed by atoms with Crippen LogP contribution in [0.1, 0.15) is 22.7 Å². The van der Waals surface area contributed by atoms with Crippen molar-refractivity contribution in [2.24, 2.45) is 5.73 Å². The van der Waals surface area contributed by atoms with E-state index in [4.69, 9.17) is 5.73 Å². The zero-order valence-corrected chi connectivity index (χ0v) is 13.0. The summed E-state index contributed by atoms with van der Waals surface area (Å²) in [6.07, 6.45) is -9.64. The van der Waals surface area contributed by atoms with Gasteiger partial charge < -0.3 is 10.5 Å². The van der Waals surface area contributed by atoms with Crippen LogP contribution in [0.15, 0.2) is 42.5 Å². The van der Waals surface area contributed by atoms with E-state index in [-0.39, 0.29) is 18.0 Å². The average molecular weight is 390 g/mol. The van der Waals surface area contributed by atoms with Crippen LogP contribution in [0, 0.1) is 5.82 Å². The molecule has 0 aliphatic heterocycles. The smallest absolute Gasteiger partial charge is 0.406 e. The fraction of sp³-hybridized carbons (Fsp3) is 0.200. The monoisotopic (exact) mass is 389 g/mol. The first-order valence-corrected chi connectivity index (χ1v) is 6.45. The maximum Gasteiger partial charge on any atom is 0.573 e. The third-order valence-corrected chi connectivity index (χ3v) is 3.13. The first-order chi connectivity index (χ1) is 11.0. The molecule has 0 saturated carbocycles. The highest BCUT2D eigenvalue weighted by Crippen LogP contribution is 2.36. The molecule has 10 heteroatoms. The molecule has 0 bridgehead atoms. The maximum absolute atomic E-state index is 13.3. The molecule has 1 atom stereocenters. The zero-order valence-electron chi connectivity index (χ0n) is 12.2. The van der Waals surface area contributed by atoms with Gasteiger partial charge in [-0.3, -0.25) is 0 Å². The fourth-order valence-corrected chi connectivity index (χ4v) is 2.11. The number of halogens is 8. The van der Waals surface area contributed by atoms with Crippen molar-refractivity contribution in [3.05, 3.63) is 65.0 Å². The maximum atomic E-state index is 13.3. The highest BCUT2D eigenvalue weighted by atomic mass is 35.5. The van der Waals surface area contributed by atoms with Gasteiger partial charge in [-0.1, -0.05) is 12.1 Å². The molecule has 0 saturated heterocycles. The van der Waals surface area contributed by atoms with Gasteiger partial charge in [0, 0.05) is 0 Å². The minimum absolute atomic E-state index is 0. The van der Waals surface area contributed by atoms with Crippen molar-refractivity contribution >= 4 is 12.4 Å². The van der Waals surface area contributed by atoms with Crippen LogP contribution in [0.5, 0.6) is 5.75 Å². The van der Waals surface area contributed by atoms with E-state index in [2.05, 4.69) is 4.74 Å². The number of hydrogen-bond acceptors (Lipinski definition) is 2. The first kappa shape index (κ1) is 21.0. The number of ether oxygens (including phenoxy) is 1. The highest BCUT2D eigenvalue weighted by Gasteiger charge is 2.35. The van der Waals surface area contributed by atoms with E-state index in [0.717, 1.165) is 24.3 Å². The molecule has 0 radical (unpaired) electrons. The predicted octanol–water partition coefficient (Wildman–Crippen LogP) is 5.21. The van der Waals surface area contributed by atoms with E-state index in [1.807, 2.05) is 0 Å². The molecule has 25 heavy (non-hydrogen) atoms. The van der Waals surface area contributed by atoms with Gasteiger partial charge in [0.15, 0.2) is 0 Å². The summed E-state index contributed by atoms with van der Waals surface area (Å²) < 4.78 is 92.1. The summed E-state index contributed by atoms with van der Waals surface area (Å²) in [5.74, 6) is -1.46. The molecule has 0 aliphatic carbocycles. The molecule has 0 unspecified atom stereocenters. The van der Waals surface area contributed by atoms with Crippen LogP contribution in [0.25, 0.3) is 0 Å². The molecule has 0 aliphatic rings. The van der Waals surface area contributed by atoms with Crippen molar-refractivity contribution in [1.82, 2.24) is 0 Å². The van der Waals surface area contributed by atoms with Crippen LogP contribution in [-0.4, -0.2) is 6.36 Å². The second-order valence-corrected chi connectivity index (χ2v) is 4.82. The average Bonchev–Trinajstić information content (AvgIpc) is 2.44. The minimum Gasteiger partial charge on any atom is -0.406 e. The third kappa shape index (κ3) is 5.50. The van der Waals surface area contributed by atoms with Crippen LogP contribution in [0.4, 0.5) is 30.7 Å². The molecule has 138 valence electrons. The number of rotatable bonds is 3. The van der Waals surface area contributed by atoms with Crippen molar-refractivity contribution in [3.8, 4) is 5.75 Å². The highest BCUT2D eigenvalue weighted by molar-refractivity contribution is 5.85. The Bertz CT molecular complexity index is 713. The summed E-state index contributed by atoms with van der Waals surface area (Å²) in [6, 6.07) is 4.47. The molecule has 2 aromatic rings. The molecule has 2 N–H and O–H groups in total. The Morgan fingerprint density at radius 1 is 0.880 bits per heavy atom. The van der Waals surface area contributed by atoms with Gasteiger partial charge in [0.25, 0.3) is 0 Å². The lowest BCUT2D eigenvalue weighted by atomic mass is 9.94. The summed E-state index contributed by atoms with van der Waals surface area (Å²) >= 11 is 0. The second-order valence-electron chi connectivity index (χ2n) is 4.82. The summed E-state index contributed by atoms with van der Waals surface area (Å²) in [4.78, 5) is 0. The van der Waals surface area contributed by atoms with E-state index in [1.54, 1.807) is 0 Å². The van der Waals surface area contributed by atoms with Gasteiger partial charge in [-0.2, -0.15) is 13.2 Å². The van der Waals surface area contributed by atoms with Gasteiger partial charge in [-0.05, 0) is 41.5 Å². The Labute approximate surface area is 143 Å². The summed E-state index contributed by atoms with van der Waals surface area (Å²) in [6.45, 7) is 0. The van der Waals surface area contributed by atoms with Crippen LogP contribution in [0.3, 0.4) is 0 Å². The van der Waals surface area contributed by atoms with E-state index < -0.39 is 41.3 Å². The Kier molecular flexibility index (Phi) is 6.30. The van der Waals surface area contributed by atoms with Gasteiger partial charge >= 0.3 is 12.5 Å². The Hall–Kier alpha value is -2.00. The van der Waals surface area contributed by atoms with Gasteiger partial charge in [0.1, 0.15) is 11.6 Å². The Morgan fingerprint density at radius 3 is 1.92 bits per heavy atom. The van der Waals surface area contributed by atoms with Crippen molar-refractivity contribution in [2.45, 2.75) is 18.6 Å². The molecule has 2 nitrogen and oxygen atoms in total. The van der Waals surface area contributed by atoms with Crippen molar-refractivity contribution in [3.63, 3.8) is 0 Å². The van der Waals surface area contributed by atoms with Crippen LogP contribution in [0.2, 0.25) is 0 Å². The van der Waals surface area contributed by atoms with Crippen molar-refractivity contribution in [2.75, 3.05) is 0 Å². The number of hydrogen-bond donors (Lipinski definition) is 1. The lowest BCUT2D eigenvalue weighted by Crippen LogP contribution is -2.19. The minimum atomic E-state index is -4.89. The molecule has 0 heterocycles. The number of nitrogens with two attached hydrogens (primary N) is 1. The molecular formula is C15H11ClF7NO. The topological polar surface area (TPSA) is 35.2 Å². The summed E-state index contributed by atoms with van der Waals surface area (Å²) in [5.41, 5.74) is 4.16. The lowest BCUT2D eigenvalue weighted by Gasteiger charge is -2.19. The number of benzene rings is 2. The normalized spacial score (nSPS) is 13.1. The van der Waals surface area contributed by atoms with Gasteiger partial charge in [-0.25, -0.2) is 4.39 Å². The van der Waals surface area contributed by atoms with Gasteiger partial charge in [0.05, 0.1) is 11.6 Å². The van der Waals surface area contributed by atoms with Crippen molar-refractivity contribution < 1.29 is 35.5 Å². The molecule has 2 aromatic carbocycles. The number of alkyl halides is 6. The van der Waals surface area contributed by atoms with Crippen LogP contribution >= 0.6 is 12.4 Å². The molecular weight excluding hydrogens is 379 g/mol. The quantitative estimate of drug-likeness (QED) is 0.731. The SMILES string of the molecule is Cl.N[C@H](c1ccc(OC(F)(F)F)cc1)c1cc(F)ccc1C(F)(F)F. The largest absolute Gasteiger partial charge is 0.573 e. The molecule has 0 amide bonds. The van der Waals surface area contributed by atoms with Crippen molar-refractivity contribution in [1.29, 1.82) is 0 Å². The van der Waals surface area contributed by atoms with E-state index >= 15 is 0 Å². The molecule has 2 rings (SSSR count). The second kappa shape index (κ2) is 7.49. The third-order valence-electron chi connectivity index (χ3n) is 3.13. The molecule has 0 aromatic heterocycles. The molecule has 0 fully saturated rings. The lowest BCUT2D eigenvalue weighted by molar-refractivity contribution is -0.274. The summed E-state index contributed by atoms with van der Waals surface area (Å²) in [5, 5.41) is 0. The summed E-state index contributed by atoms with van der Waals surface area (Å²) in [7, 11) is 0. The van der Waals surface area contributed by atoms with Crippen LogP contribution in [-0.2, 0) is 6.18 Å². The Balaban J connectivity index is 0.00000312. The van der Waals surface area contributed by atoms with Gasteiger partial charge in [0.2, 0.25) is 0 Å². The van der Waals surface area contributed by atoms with Crippen LogP contribution < -0.4 is 10.5 Å². The van der Waals surface area contributed by atoms with E-state index in [0.29, 0.717) is 18.2 Å². The Morgan fingerprint density at radius 2 is 1.44 bits per heavy atom. The fourth-order valence-electron chi connectivity index (χ4n) is 2.11. The molecule has 0 spiro atoms. The van der Waals surface area contributed by atoms with Gasteiger partial charge in [-0.15, -0.1) is 25.6 Å².